The van der Waals surface area contributed by atoms with Crippen LogP contribution in [-0.2, 0) is 16.0 Å². The van der Waals surface area contributed by atoms with Crippen molar-refractivity contribution in [2.45, 2.75) is 31.1 Å². The van der Waals surface area contributed by atoms with Crippen LogP contribution >= 0.6 is 0 Å². The highest BCUT2D eigenvalue weighted by Crippen LogP contribution is 2.51. The van der Waals surface area contributed by atoms with Crippen LogP contribution < -0.4 is 11.1 Å². The maximum absolute atomic E-state index is 13.7. The zero-order chi connectivity index (χ0) is 30.5. The summed E-state index contributed by atoms with van der Waals surface area (Å²) < 4.78 is 0. The number of primary amides is 1. The SMILES string of the molecule is CN(C)CC(O)Nc1ccc(C#Cc2ccc(O)c3c2C[C@H]2C[C@H]4CC(O)=C(C(N)=O)C(=O)[C@@]4(O)C(O)=C2C3=O)cc1. The highest BCUT2D eigenvalue weighted by molar-refractivity contribution is 6.24. The van der Waals surface area contributed by atoms with E-state index in [1.54, 1.807) is 30.3 Å². The van der Waals surface area contributed by atoms with Crippen molar-refractivity contribution in [3.8, 4) is 17.6 Å². The Morgan fingerprint density at radius 3 is 2.43 bits per heavy atom. The molecule has 4 atom stereocenters. The standard InChI is InChI=1S/C31H31N3O8/c1-34(2)14-23(37)33-19-8-4-15(5-9-19)3-6-16-7-10-21(35)25-20(16)12-17-11-18-13-22(36)26(30(32)41)29(40)31(18,42)28(39)24(17)27(25)38/h4-5,7-10,17-18,23,33,35-37,39,42H,11-14H2,1-2H3,(H2,32,41)/t17-,18+,23?,31+/m1/s1. The van der Waals surface area contributed by atoms with Crippen LogP contribution in [0.15, 0.2) is 59.1 Å². The Balaban J connectivity index is 1.48. The van der Waals surface area contributed by atoms with Crippen molar-refractivity contribution >= 4 is 23.2 Å². The molecule has 1 amide bonds. The van der Waals surface area contributed by atoms with Crippen molar-refractivity contribution in [2.24, 2.45) is 17.6 Å². The molecule has 0 saturated carbocycles. The number of fused-ring (bicyclic) bond motifs is 3. The summed E-state index contributed by atoms with van der Waals surface area (Å²) >= 11 is 0. The van der Waals surface area contributed by atoms with Crippen molar-refractivity contribution in [3.63, 3.8) is 0 Å². The number of nitrogens with zero attached hydrogens (tertiary/aromatic N) is 1. The number of hydrogen-bond acceptors (Lipinski definition) is 10. The lowest BCUT2D eigenvalue weighted by atomic mass is 9.60. The number of anilines is 1. The number of nitrogens with one attached hydrogen (secondary N) is 1. The zero-order valence-electron chi connectivity index (χ0n) is 23.0. The van der Waals surface area contributed by atoms with E-state index >= 15 is 0 Å². The summed E-state index contributed by atoms with van der Waals surface area (Å²) in [5.74, 6) is -0.629. The minimum absolute atomic E-state index is 0.0412. The number of rotatable bonds is 5. The van der Waals surface area contributed by atoms with Gasteiger partial charge >= 0.3 is 0 Å². The predicted octanol–water partition coefficient (Wildman–Crippen LogP) is 1.27. The minimum Gasteiger partial charge on any atom is -0.511 e. The fourth-order valence-electron chi connectivity index (χ4n) is 6.11. The molecule has 3 aliphatic rings. The number of nitrogens with two attached hydrogens (primary N) is 1. The number of hydrogen-bond donors (Lipinski definition) is 7. The third-order valence-electron chi connectivity index (χ3n) is 8.04. The first-order valence-corrected chi connectivity index (χ1v) is 13.4. The van der Waals surface area contributed by atoms with Gasteiger partial charge in [0.05, 0.1) is 5.56 Å². The number of allylic oxidation sites excluding steroid dienone is 2. The monoisotopic (exact) mass is 573 g/mol. The van der Waals surface area contributed by atoms with E-state index < -0.39 is 58.2 Å². The third kappa shape index (κ3) is 4.79. The highest BCUT2D eigenvalue weighted by Gasteiger charge is 2.59. The number of phenols is 1. The predicted molar refractivity (Wildman–Crippen MR) is 151 cm³/mol. The summed E-state index contributed by atoms with van der Waals surface area (Å²) in [6.45, 7) is 0.435. The lowest BCUT2D eigenvalue weighted by Crippen LogP contribution is -2.57. The molecular formula is C31H31N3O8. The minimum atomic E-state index is -2.61. The molecular weight excluding hydrogens is 542 g/mol. The van der Waals surface area contributed by atoms with Crippen LogP contribution in [0.25, 0.3) is 0 Å². The van der Waals surface area contributed by atoms with E-state index in [-0.39, 0.29) is 36.1 Å². The maximum atomic E-state index is 13.7. The van der Waals surface area contributed by atoms with Gasteiger partial charge < -0.3 is 41.5 Å². The van der Waals surface area contributed by atoms with Gasteiger partial charge in [-0.2, -0.15) is 0 Å². The molecule has 0 heterocycles. The van der Waals surface area contributed by atoms with Gasteiger partial charge in [-0.1, -0.05) is 11.8 Å². The molecule has 2 aromatic rings. The maximum Gasteiger partial charge on any atom is 0.255 e. The molecule has 11 nitrogen and oxygen atoms in total. The number of benzene rings is 2. The number of Topliss-reactive ketones (excluding diaryl/α,β-unsaturated/α-hetero) is 2. The molecule has 0 bridgehead atoms. The van der Waals surface area contributed by atoms with E-state index in [1.807, 2.05) is 19.0 Å². The van der Waals surface area contributed by atoms with Gasteiger partial charge in [-0.05, 0) is 74.8 Å². The molecule has 42 heavy (non-hydrogen) atoms. The quantitative estimate of drug-likeness (QED) is 0.156. The molecule has 0 fully saturated rings. The van der Waals surface area contributed by atoms with Gasteiger partial charge in [-0.3, -0.25) is 14.4 Å². The Kier molecular flexibility index (Phi) is 7.32. The molecule has 0 saturated heterocycles. The summed E-state index contributed by atoms with van der Waals surface area (Å²) in [7, 11) is 3.71. The van der Waals surface area contributed by atoms with E-state index in [0.29, 0.717) is 28.9 Å². The second kappa shape index (κ2) is 10.6. The first kappa shape index (κ1) is 28.9. The fourth-order valence-corrected chi connectivity index (χ4v) is 6.11. The molecule has 0 aromatic heterocycles. The molecule has 2 aromatic carbocycles. The molecule has 1 unspecified atom stereocenters. The summed E-state index contributed by atoms with van der Waals surface area (Å²) in [6.07, 6.45) is -0.831. The normalized spacial score (nSPS) is 23.9. The Labute approximate surface area is 241 Å². The fraction of sp³-hybridized carbons (Fsp3) is 0.323. The number of likely N-dealkylation sites (N-methyl/N-ethyl adjacent to an activating group) is 1. The molecule has 3 aliphatic carbocycles. The topological polar surface area (TPSA) is 194 Å². The van der Waals surface area contributed by atoms with Crippen LogP contribution in [0.1, 0.15) is 39.9 Å². The van der Waals surface area contributed by atoms with E-state index in [4.69, 9.17) is 5.73 Å². The van der Waals surface area contributed by atoms with Crippen molar-refractivity contribution in [3.05, 3.63) is 81.3 Å². The summed E-state index contributed by atoms with van der Waals surface area (Å²) in [5, 5.41) is 56.5. The number of ketones is 2. The Bertz CT molecular complexity index is 1630. The van der Waals surface area contributed by atoms with Gasteiger partial charge in [0.25, 0.3) is 5.91 Å². The molecule has 5 rings (SSSR count). The van der Waals surface area contributed by atoms with Crippen LogP contribution in [-0.4, -0.2) is 80.4 Å². The molecule has 0 radical (unpaired) electrons. The Morgan fingerprint density at radius 2 is 1.79 bits per heavy atom. The summed E-state index contributed by atoms with van der Waals surface area (Å²) in [4.78, 5) is 40.4. The highest BCUT2D eigenvalue weighted by atomic mass is 16.3. The van der Waals surface area contributed by atoms with Crippen LogP contribution in [0.3, 0.4) is 0 Å². The molecule has 0 spiro atoms. The Morgan fingerprint density at radius 1 is 1.10 bits per heavy atom. The number of aliphatic hydroxyl groups is 4. The molecule has 0 aliphatic heterocycles. The second-order valence-electron chi connectivity index (χ2n) is 11.1. The first-order valence-electron chi connectivity index (χ1n) is 13.4. The van der Waals surface area contributed by atoms with Crippen molar-refractivity contribution in [2.75, 3.05) is 26.0 Å². The smallest absolute Gasteiger partial charge is 0.255 e. The van der Waals surface area contributed by atoms with Crippen molar-refractivity contribution < 1.29 is 39.9 Å². The van der Waals surface area contributed by atoms with Crippen molar-refractivity contribution in [1.82, 2.24) is 4.90 Å². The number of phenolic OH excluding ortho intramolecular Hbond substituents is 1. The summed E-state index contributed by atoms with van der Waals surface area (Å²) in [6, 6.07) is 10.0. The number of aromatic hydroxyl groups is 1. The molecule has 11 heteroatoms. The summed E-state index contributed by atoms with van der Waals surface area (Å²) in [5.41, 5.74) is 3.83. The van der Waals surface area contributed by atoms with Gasteiger partial charge in [-0.25, -0.2) is 0 Å². The molecule has 218 valence electrons. The van der Waals surface area contributed by atoms with Gasteiger partial charge in [-0.15, -0.1) is 0 Å². The first-order chi connectivity index (χ1) is 19.8. The zero-order valence-corrected chi connectivity index (χ0v) is 23.0. The third-order valence-corrected chi connectivity index (χ3v) is 8.04. The van der Waals surface area contributed by atoms with E-state index in [9.17, 15) is 39.9 Å². The van der Waals surface area contributed by atoms with Crippen LogP contribution in [0.2, 0.25) is 0 Å². The van der Waals surface area contributed by atoms with Gasteiger partial charge in [0.1, 0.15) is 29.1 Å². The van der Waals surface area contributed by atoms with E-state index in [0.717, 1.165) is 0 Å². The van der Waals surface area contributed by atoms with E-state index in [1.165, 1.54) is 6.07 Å². The number of carbonyl (C=O) groups is 3. The number of carbonyl (C=O) groups excluding carboxylic acids is 3. The van der Waals surface area contributed by atoms with Crippen LogP contribution in [0.4, 0.5) is 5.69 Å². The van der Waals surface area contributed by atoms with Crippen molar-refractivity contribution in [1.29, 1.82) is 0 Å². The van der Waals surface area contributed by atoms with Gasteiger partial charge in [0, 0.05) is 41.3 Å². The van der Waals surface area contributed by atoms with Crippen LogP contribution in [0.5, 0.6) is 5.75 Å². The average molecular weight is 574 g/mol. The molecule has 8 N–H and O–H groups in total. The van der Waals surface area contributed by atoms with Gasteiger partial charge in [0.2, 0.25) is 5.78 Å². The lowest BCUT2D eigenvalue weighted by Gasteiger charge is -2.45. The number of amides is 1. The second-order valence-corrected chi connectivity index (χ2v) is 11.1. The van der Waals surface area contributed by atoms with Gasteiger partial charge in [0.15, 0.2) is 11.4 Å². The largest absolute Gasteiger partial charge is 0.511 e. The Hall–Kier alpha value is -4.63. The lowest BCUT2D eigenvalue weighted by molar-refractivity contribution is -0.144. The average Bonchev–Trinajstić information content (AvgIpc) is 2.90. The van der Waals surface area contributed by atoms with Crippen LogP contribution in [0, 0.1) is 23.7 Å². The number of aliphatic hydroxyl groups excluding tert-OH is 3. The van der Waals surface area contributed by atoms with E-state index in [2.05, 4.69) is 17.2 Å².